The third-order valence-electron chi connectivity index (χ3n) is 6.28. The van der Waals surface area contributed by atoms with Crippen LogP contribution in [0.15, 0.2) is 69.8 Å². The highest BCUT2D eigenvalue weighted by Gasteiger charge is 2.64. The zero-order valence-electron chi connectivity index (χ0n) is 16.0. The second-order valence-electron chi connectivity index (χ2n) is 7.73. The van der Waals surface area contributed by atoms with Crippen LogP contribution in [0, 0.1) is 11.7 Å². The van der Waals surface area contributed by atoms with Crippen LogP contribution in [0.3, 0.4) is 0 Å². The number of piperidine rings is 1. The number of fused-ring (bicyclic) bond motifs is 2. The third kappa shape index (κ3) is 2.45. The quantitative estimate of drug-likeness (QED) is 0.574. The summed E-state index contributed by atoms with van der Waals surface area (Å²) in [6.07, 6.45) is 1.50. The molecule has 0 unspecified atom stereocenters. The van der Waals surface area contributed by atoms with Crippen molar-refractivity contribution in [2.45, 2.75) is 24.3 Å². The molecular weight excluding hydrogens is 451 g/mol. The zero-order chi connectivity index (χ0) is 21.0. The monoisotopic (exact) mass is 468 g/mol. The number of para-hydroxylation sites is 1. The molecule has 1 fully saturated rings. The van der Waals surface area contributed by atoms with Gasteiger partial charge in [-0.1, -0.05) is 47.1 Å². The number of rotatable bonds is 2. The van der Waals surface area contributed by atoms with E-state index in [1.807, 2.05) is 24.3 Å². The molecule has 2 aliphatic heterocycles. The van der Waals surface area contributed by atoms with Gasteiger partial charge in [-0.2, -0.15) is 0 Å². The van der Waals surface area contributed by atoms with Crippen LogP contribution in [0.2, 0.25) is 0 Å². The number of benzene rings is 2. The number of hydrogen-bond acceptors (Lipinski definition) is 3. The van der Waals surface area contributed by atoms with Gasteiger partial charge in [-0.05, 0) is 35.9 Å². The molecule has 2 amide bonds. The highest BCUT2D eigenvalue weighted by atomic mass is 79.9. The number of nitrogens with one attached hydrogen (secondary N) is 2. The summed E-state index contributed by atoms with van der Waals surface area (Å²) in [7, 11) is 0. The topological polar surface area (TPSA) is 71.3 Å². The van der Waals surface area contributed by atoms with Gasteiger partial charge in [-0.25, -0.2) is 4.39 Å². The van der Waals surface area contributed by atoms with Crippen LogP contribution in [0.1, 0.15) is 35.8 Å². The molecule has 5 rings (SSSR count). The molecule has 4 atom stereocenters. The minimum absolute atomic E-state index is 0.264. The fourth-order valence-corrected chi connectivity index (χ4v) is 5.63. The maximum Gasteiger partial charge on any atom is 0.238 e. The first-order valence-electron chi connectivity index (χ1n) is 9.65. The molecule has 30 heavy (non-hydrogen) atoms. The summed E-state index contributed by atoms with van der Waals surface area (Å²) in [6, 6.07) is 14.7. The smallest absolute Gasteiger partial charge is 0.238 e. The fraction of sp³-hybridized carbons (Fsp3) is 0.217. The van der Waals surface area contributed by atoms with Crippen molar-refractivity contribution < 1.29 is 18.4 Å². The van der Waals surface area contributed by atoms with E-state index in [9.17, 15) is 9.59 Å². The molecule has 1 aromatic heterocycles. The standard InChI is InChI=1S/C23H18BrFN2O3/c1-12-19(18-14(24)7-4-8-15(18)25)23(13-6-2-3-9-16(13)26-22(23)29)20(27-21(12)28)17-10-5-11-30-17/h2-12,19-20H,1H3,(H,26,29)(H,27,28)/t12-,19-,20+,23-/m0/s1. The molecular formula is C23H18BrFN2O3. The minimum Gasteiger partial charge on any atom is -0.467 e. The number of carbonyl (C=O) groups is 2. The van der Waals surface area contributed by atoms with Crippen molar-refractivity contribution in [1.82, 2.24) is 5.32 Å². The largest absolute Gasteiger partial charge is 0.467 e. The molecule has 1 saturated heterocycles. The van der Waals surface area contributed by atoms with Crippen molar-refractivity contribution in [3.05, 3.63) is 88.0 Å². The summed E-state index contributed by atoms with van der Waals surface area (Å²) in [5, 5.41) is 5.93. The molecule has 0 aliphatic carbocycles. The Morgan fingerprint density at radius 1 is 1.07 bits per heavy atom. The number of halogens is 2. The van der Waals surface area contributed by atoms with Crippen LogP contribution >= 0.6 is 15.9 Å². The van der Waals surface area contributed by atoms with Crippen LogP contribution in [-0.2, 0) is 15.0 Å². The fourth-order valence-electron chi connectivity index (χ4n) is 5.05. The van der Waals surface area contributed by atoms with Crippen molar-refractivity contribution in [2.75, 3.05) is 5.32 Å². The van der Waals surface area contributed by atoms with E-state index in [1.165, 1.54) is 12.3 Å². The lowest BCUT2D eigenvalue weighted by atomic mass is 9.57. The van der Waals surface area contributed by atoms with E-state index in [4.69, 9.17) is 4.42 Å². The second-order valence-corrected chi connectivity index (χ2v) is 8.58. The first kappa shape index (κ1) is 19.1. The Kier molecular flexibility index (Phi) is 4.32. The second kappa shape index (κ2) is 6.80. The molecule has 3 aromatic rings. The van der Waals surface area contributed by atoms with Gasteiger partial charge in [-0.15, -0.1) is 0 Å². The van der Waals surface area contributed by atoms with E-state index in [1.54, 1.807) is 31.2 Å². The molecule has 3 heterocycles. The van der Waals surface area contributed by atoms with Crippen LogP contribution in [0.5, 0.6) is 0 Å². The molecule has 1 spiro atoms. The maximum absolute atomic E-state index is 15.2. The Balaban J connectivity index is 1.88. The number of carbonyl (C=O) groups excluding carboxylic acids is 2. The van der Waals surface area contributed by atoms with E-state index in [0.717, 1.165) is 0 Å². The predicted octanol–water partition coefficient (Wildman–Crippen LogP) is 4.66. The van der Waals surface area contributed by atoms with Gasteiger partial charge in [-0.3, -0.25) is 9.59 Å². The first-order valence-corrected chi connectivity index (χ1v) is 10.4. The highest BCUT2D eigenvalue weighted by Crippen LogP contribution is 2.59. The summed E-state index contributed by atoms with van der Waals surface area (Å²) < 4.78 is 21.4. The SMILES string of the molecule is C[C@@H]1C(=O)N[C@H](c2ccco2)[C@@]2(C(=O)Nc3ccccc32)[C@@H]1c1c(F)cccc1Br. The summed E-state index contributed by atoms with van der Waals surface area (Å²) in [5.74, 6) is -2.01. The Hall–Kier alpha value is -2.93. The molecule has 7 heteroatoms. The van der Waals surface area contributed by atoms with Gasteiger partial charge in [0.25, 0.3) is 0 Å². The molecule has 0 saturated carbocycles. The average molecular weight is 469 g/mol. The third-order valence-corrected chi connectivity index (χ3v) is 6.97. The molecule has 152 valence electrons. The van der Waals surface area contributed by atoms with Gasteiger partial charge in [0, 0.05) is 27.6 Å². The predicted molar refractivity (Wildman–Crippen MR) is 112 cm³/mol. The maximum atomic E-state index is 15.2. The van der Waals surface area contributed by atoms with Crippen molar-refractivity contribution in [3.63, 3.8) is 0 Å². The van der Waals surface area contributed by atoms with E-state index < -0.39 is 29.1 Å². The van der Waals surface area contributed by atoms with Gasteiger partial charge in [0.05, 0.1) is 6.26 Å². The van der Waals surface area contributed by atoms with Gasteiger partial charge >= 0.3 is 0 Å². The summed E-state index contributed by atoms with van der Waals surface area (Å²) in [4.78, 5) is 26.8. The Morgan fingerprint density at radius 3 is 2.60 bits per heavy atom. The lowest BCUT2D eigenvalue weighted by Gasteiger charge is -2.48. The number of anilines is 1. The Bertz CT molecular complexity index is 1140. The average Bonchev–Trinajstić information content (AvgIpc) is 3.34. The lowest BCUT2D eigenvalue weighted by Crippen LogP contribution is -2.60. The van der Waals surface area contributed by atoms with Crippen LogP contribution in [0.25, 0.3) is 0 Å². The molecule has 5 nitrogen and oxygen atoms in total. The van der Waals surface area contributed by atoms with E-state index in [-0.39, 0.29) is 11.8 Å². The lowest BCUT2D eigenvalue weighted by molar-refractivity contribution is -0.136. The van der Waals surface area contributed by atoms with Crippen molar-refractivity contribution >= 4 is 33.4 Å². The van der Waals surface area contributed by atoms with Crippen molar-refractivity contribution in [1.29, 1.82) is 0 Å². The molecule has 2 N–H and O–H groups in total. The Labute approximate surface area is 180 Å². The normalized spacial score (nSPS) is 27.6. The van der Waals surface area contributed by atoms with Crippen LogP contribution in [0.4, 0.5) is 10.1 Å². The summed E-state index contributed by atoms with van der Waals surface area (Å²) in [6.45, 7) is 1.73. The summed E-state index contributed by atoms with van der Waals surface area (Å²) in [5.41, 5.74) is 0.387. The van der Waals surface area contributed by atoms with E-state index in [2.05, 4.69) is 26.6 Å². The van der Waals surface area contributed by atoms with Crippen molar-refractivity contribution in [3.8, 4) is 0 Å². The zero-order valence-corrected chi connectivity index (χ0v) is 17.6. The number of hydrogen-bond donors (Lipinski definition) is 2. The number of amides is 2. The number of furan rings is 1. The molecule has 2 aromatic carbocycles. The highest BCUT2D eigenvalue weighted by molar-refractivity contribution is 9.10. The van der Waals surface area contributed by atoms with Crippen LogP contribution < -0.4 is 10.6 Å². The summed E-state index contributed by atoms with van der Waals surface area (Å²) >= 11 is 3.46. The van der Waals surface area contributed by atoms with Crippen molar-refractivity contribution in [2.24, 2.45) is 5.92 Å². The molecule has 2 aliphatic rings. The first-order chi connectivity index (χ1) is 14.5. The van der Waals surface area contributed by atoms with Gasteiger partial charge in [0.2, 0.25) is 11.8 Å². The van der Waals surface area contributed by atoms with Crippen LogP contribution in [-0.4, -0.2) is 11.8 Å². The molecule has 0 radical (unpaired) electrons. The van der Waals surface area contributed by atoms with Gasteiger partial charge in [0.15, 0.2) is 0 Å². The minimum atomic E-state index is -1.29. The van der Waals surface area contributed by atoms with E-state index >= 15 is 4.39 Å². The van der Waals surface area contributed by atoms with Gasteiger partial charge in [0.1, 0.15) is 23.0 Å². The van der Waals surface area contributed by atoms with E-state index in [0.29, 0.717) is 27.0 Å². The van der Waals surface area contributed by atoms with Gasteiger partial charge < -0.3 is 15.1 Å². The Morgan fingerprint density at radius 2 is 1.87 bits per heavy atom. The molecule has 0 bridgehead atoms.